The van der Waals surface area contributed by atoms with Crippen molar-refractivity contribution in [3.05, 3.63) is 29.3 Å². The molecule has 0 spiro atoms. The molecule has 0 aliphatic carbocycles. The van der Waals surface area contributed by atoms with Gasteiger partial charge in [-0.3, -0.25) is 0 Å². The van der Waals surface area contributed by atoms with Crippen LogP contribution in [0.5, 0.6) is 0 Å². The Morgan fingerprint density at radius 1 is 1.47 bits per heavy atom. The van der Waals surface area contributed by atoms with E-state index in [0.29, 0.717) is 36.5 Å². The molecule has 6 heteroatoms. The fraction of sp³-hybridized carbons (Fsp3) is 0.385. The SMILES string of the molecule is CCCOCCc1nc2cc(C(=O)O)c(F)cc2[nH]1. The summed E-state index contributed by atoms with van der Waals surface area (Å²) in [5.41, 5.74) is 0.574. The van der Waals surface area contributed by atoms with Crippen LogP contribution in [0.25, 0.3) is 11.0 Å². The van der Waals surface area contributed by atoms with E-state index in [1.165, 1.54) is 6.07 Å². The van der Waals surface area contributed by atoms with Crippen LogP contribution in [0.4, 0.5) is 4.39 Å². The molecule has 2 N–H and O–H groups in total. The number of halogens is 1. The molecule has 102 valence electrons. The largest absolute Gasteiger partial charge is 0.478 e. The van der Waals surface area contributed by atoms with Crippen LogP contribution in [-0.2, 0) is 11.2 Å². The van der Waals surface area contributed by atoms with Crippen molar-refractivity contribution in [3.63, 3.8) is 0 Å². The fourth-order valence-electron chi connectivity index (χ4n) is 1.78. The maximum absolute atomic E-state index is 13.5. The number of carboxylic acid groups (broad SMARTS) is 1. The van der Waals surface area contributed by atoms with Crippen molar-refractivity contribution in [2.24, 2.45) is 0 Å². The van der Waals surface area contributed by atoms with Crippen molar-refractivity contribution in [2.75, 3.05) is 13.2 Å². The smallest absolute Gasteiger partial charge is 0.338 e. The highest BCUT2D eigenvalue weighted by Crippen LogP contribution is 2.17. The Bertz CT molecular complexity index is 595. The minimum absolute atomic E-state index is 0.368. The van der Waals surface area contributed by atoms with Gasteiger partial charge < -0.3 is 14.8 Å². The van der Waals surface area contributed by atoms with E-state index in [4.69, 9.17) is 9.84 Å². The van der Waals surface area contributed by atoms with E-state index in [2.05, 4.69) is 9.97 Å². The van der Waals surface area contributed by atoms with E-state index >= 15 is 0 Å². The first kappa shape index (κ1) is 13.5. The third-order valence-electron chi connectivity index (χ3n) is 2.68. The van der Waals surface area contributed by atoms with Gasteiger partial charge in [-0.1, -0.05) is 6.92 Å². The molecule has 0 saturated carbocycles. The van der Waals surface area contributed by atoms with Crippen molar-refractivity contribution in [1.82, 2.24) is 9.97 Å². The number of aromatic amines is 1. The van der Waals surface area contributed by atoms with Crippen LogP contribution >= 0.6 is 0 Å². The van der Waals surface area contributed by atoms with Crippen molar-refractivity contribution < 1.29 is 19.0 Å². The molecule has 5 nitrogen and oxygen atoms in total. The Morgan fingerprint density at radius 3 is 2.95 bits per heavy atom. The zero-order chi connectivity index (χ0) is 13.8. The number of hydrogen-bond acceptors (Lipinski definition) is 3. The third-order valence-corrected chi connectivity index (χ3v) is 2.68. The lowest BCUT2D eigenvalue weighted by Gasteiger charge is -1.98. The molecule has 1 aromatic heterocycles. The number of H-pyrrole nitrogens is 1. The molecule has 0 radical (unpaired) electrons. The Hall–Kier alpha value is -1.95. The maximum atomic E-state index is 13.5. The standard InChI is InChI=1S/C13H15FN2O3/c1-2-4-19-5-3-12-15-10-6-8(13(17)18)9(14)7-11(10)16-12/h6-7H,2-5H2,1H3,(H,15,16)(H,17,18). The molecule has 0 bridgehead atoms. The Labute approximate surface area is 109 Å². The molecule has 0 aliphatic heterocycles. The molecule has 19 heavy (non-hydrogen) atoms. The lowest BCUT2D eigenvalue weighted by atomic mass is 10.2. The minimum Gasteiger partial charge on any atom is -0.478 e. The van der Waals surface area contributed by atoms with Crippen LogP contribution in [0, 0.1) is 5.82 Å². The molecule has 0 aliphatic rings. The average Bonchev–Trinajstić information content (AvgIpc) is 2.75. The second-order valence-corrected chi connectivity index (χ2v) is 4.20. The third kappa shape index (κ3) is 3.08. The zero-order valence-corrected chi connectivity index (χ0v) is 10.6. The summed E-state index contributed by atoms with van der Waals surface area (Å²) in [7, 11) is 0. The molecule has 0 atom stereocenters. The van der Waals surface area contributed by atoms with E-state index in [1.807, 2.05) is 6.92 Å². The van der Waals surface area contributed by atoms with Crippen LogP contribution in [0.3, 0.4) is 0 Å². The van der Waals surface area contributed by atoms with E-state index in [9.17, 15) is 9.18 Å². The number of rotatable bonds is 6. The summed E-state index contributed by atoms with van der Waals surface area (Å²) in [6.45, 7) is 3.25. The Balaban J connectivity index is 2.18. The zero-order valence-electron chi connectivity index (χ0n) is 10.6. The highest BCUT2D eigenvalue weighted by Gasteiger charge is 2.13. The molecule has 2 rings (SSSR count). The average molecular weight is 266 g/mol. The van der Waals surface area contributed by atoms with Gasteiger partial charge >= 0.3 is 5.97 Å². The number of ether oxygens (including phenoxy) is 1. The number of fused-ring (bicyclic) bond motifs is 1. The minimum atomic E-state index is -1.30. The molecular formula is C13H15FN2O3. The molecule has 2 aromatic rings. The van der Waals surface area contributed by atoms with E-state index in [-0.39, 0.29) is 5.56 Å². The first-order valence-corrected chi connectivity index (χ1v) is 6.11. The summed E-state index contributed by atoms with van der Waals surface area (Å²) in [5.74, 6) is -1.40. The van der Waals surface area contributed by atoms with Crippen molar-refractivity contribution in [3.8, 4) is 0 Å². The Kier molecular flexibility index (Phi) is 4.11. The summed E-state index contributed by atoms with van der Waals surface area (Å²) in [6.07, 6.45) is 1.53. The van der Waals surface area contributed by atoms with Gasteiger partial charge in [0.1, 0.15) is 11.6 Å². The van der Waals surface area contributed by atoms with Crippen LogP contribution in [0.2, 0.25) is 0 Å². The van der Waals surface area contributed by atoms with Crippen molar-refractivity contribution >= 4 is 17.0 Å². The summed E-state index contributed by atoms with van der Waals surface area (Å²) in [6, 6.07) is 2.39. The van der Waals surface area contributed by atoms with E-state index in [1.54, 1.807) is 0 Å². The molecule has 0 fully saturated rings. The lowest BCUT2D eigenvalue weighted by Crippen LogP contribution is -2.00. The second-order valence-electron chi connectivity index (χ2n) is 4.20. The summed E-state index contributed by atoms with van der Waals surface area (Å²) >= 11 is 0. The Morgan fingerprint density at radius 2 is 2.26 bits per heavy atom. The number of carbonyl (C=O) groups is 1. The topological polar surface area (TPSA) is 75.2 Å². The second kappa shape index (κ2) is 5.79. The number of aromatic nitrogens is 2. The first-order valence-electron chi connectivity index (χ1n) is 6.11. The number of imidazole rings is 1. The molecule has 1 aromatic carbocycles. The normalized spacial score (nSPS) is 11.1. The van der Waals surface area contributed by atoms with Gasteiger partial charge in [0.2, 0.25) is 0 Å². The molecular weight excluding hydrogens is 251 g/mol. The summed E-state index contributed by atoms with van der Waals surface area (Å²) in [4.78, 5) is 18.0. The van der Waals surface area contributed by atoms with Gasteiger partial charge in [-0.2, -0.15) is 0 Å². The number of hydrogen-bond donors (Lipinski definition) is 2. The van der Waals surface area contributed by atoms with Crippen LogP contribution < -0.4 is 0 Å². The summed E-state index contributed by atoms with van der Waals surface area (Å²) < 4.78 is 18.8. The highest BCUT2D eigenvalue weighted by molar-refractivity contribution is 5.92. The molecule has 1 heterocycles. The van der Waals surface area contributed by atoms with Crippen molar-refractivity contribution in [2.45, 2.75) is 19.8 Å². The summed E-state index contributed by atoms with van der Waals surface area (Å²) in [5, 5.41) is 8.83. The quantitative estimate of drug-likeness (QED) is 0.787. The van der Waals surface area contributed by atoms with Gasteiger partial charge in [-0.15, -0.1) is 0 Å². The fourth-order valence-corrected chi connectivity index (χ4v) is 1.78. The van der Waals surface area contributed by atoms with Crippen molar-refractivity contribution in [1.29, 1.82) is 0 Å². The molecule has 0 unspecified atom stereocenters. The predicted molar refractivity (Wildman–Crippen MR) is 67.8 cm³/mol. The number of nitrogens with one attached hydrogen (secondary N) is 1. The number of nitrogens with zero attached hydrogens (tertiary/aromatic N) is 1. The van der Waals surface area contributed by atoms with Gasteiger partial charge in [0.25, 0.3) is 0 Å². The number of carboxylic acids is 1. The monoisotopic (exact) mass is 266 g/mol. The van der Waals surface area contributed by atoms with Gasteiger partial charge in [0, 0.05) is 19.1 Å². The maximum Gasteiger partial charge on any atom is 0.338 e. The van der Waals surface area contributed by atoms with Gasteiger partial charge in [0.15, 0.2) is 0 Å². The molecule has 0 saturated heterocycles. The van der Waals surface area contributed by atoms with Gasteiger partial charge in [-0.25, -0.2) is 14.2 Å². The molecule has 0 amide bonds. The number of aromatic carboxylic acids is 1. The van der Waals surface area contributed by atoms with Gasteiger partial charge in [-0.05, 0) is 12.5 Å². The van der Waals surface area contributed by atoms with E-state index < -0.39 is 11.8 Å². The van der Waals surface area contributed by atoms with Gasteiger partial charge in [0.05, 0.1) is 23.2 Å². The van der Waals surface area contributed by atoms with E-state index in [0.717, 1.165) is 12.5 Å². The highest BCUT2D eigenvalue weighted by atomic mass is 19.1. The van der Waals surface area contributed by atoms with Crippen LogP contribution in [-0.4, -0.2) is 34.3 Å². The van der Waals surface area contributed by atoms with Crippen LogP contribution in [0.15, 0.2) is 12.1 Å². The predicted octanol–water partition coefficient (Wildman–Crippen LogP) is 2.37. The first-order chi connectivity index (χ1) is 9.11. The lowest BCUT2D eigenvalue weighted by molar-refractivity contribution is 0.0692. The number of benzene rings is 1. The van der Waals surface area contributed by atoms with Crippen LogP contribution in [0.1, 0.15) is 29.5 Å².